The zero-order valence-corrected chi connectivity index (χ0v) is 9.72. The van der Waals surface area contributed by atoms with Gasteiger partial charge in [0.15, 0.2) is 0 Å². The van der Waals surface area contributed by atoms with Gasteiger partial charge in [0.05, 0.1) is 0 Å². The van der Waals surface area contributed by atoms with Gasteiger partial charge >= 0.3 is 29.6 Å². The van der Waals surface area contributed by atoms with Gasteiger partial charge in [-0.2, -0.15) is 0 Å². The van der Waals surface area contributed by atoms with Crippen LogP contribution in [-0.2, 0) is 0 Å². The molecule has 0 amide bonds. The van der Waals surface area contributed by atoms with Crippen LogP contribution in [0.3, 0.4) is 0 Å². The fourth-order valence-electron chi connectivity index (χ4n) is 0.615. The van der Waals surface area contributed by atoms with Crippen molar-refractivity contribution >= 4 is 0 Å². The largest absolute Gasteiger partial charge is 1.00 e. The number of benzene rings is 1. The third-order valence-corrected chi connectivity index (χ3v) is 0.990. The monoisotopic (exact) mass is 160 g/mol. The van der Waals surface area contributed by atoms with E-state index in [9.17, 15) is 5.11 Å². The third kappa shape index (κ3) is 6.42. The molecule has 0 fully saturated rings. The van der Waals surface area contributed by atoms with E-state index < -0.39 is 0 Å². The molecule has 0 aliphatic heterocycles. The predicted molar refractivity (Wildman–Crippen MR) is 42.0 cm³/mol. The summed E-state index contributed by atoms with van der Waals surface area (Å²) in [7, 11) is 0. The van der Waals surface area contributed by atoms with E-state index in [1.807, 2.05) is 26.8 Å². The SMILES string of the molecule is CC.Cc1cccc([O-])c1.[Na+]. The van der Waals surface area contributed by atoms with Crippen molar-refractivity contribution < 1.29 is 34.7 Å². The van der Waals surface area contributed by atoms with Gasteiger partial charge in [-0.3, -0.25) is 0 Å². The van der Waals surface area contributed by atoms with E-state index in [2.05, 4.69) is 0 Å². The zero-order valence-electron chi connectivity index (χ0n) is 7.72. The molecule has 0 N–H and O–H groups in total. The van der Waals surface area contributed by atoms with Crippen LogP contribution in [0.5, 0.6) is 5.75 Å². The summed E-state index contributed by atoms with van der Waals surface area (Å²) in [5.41, 5.74) is 1.03. The molecule has 0 bridgehead atoms. The van der Waals surface area contributed by atoms with E-state index in [4.69, 9.17) is 0 Å². The van der Waals surface area contributed by atoms with Crippen molar-refractivity contribution in [3.05, 3.63) is 29.8 Å². The van der Waals surface area contributed by atoms with Crippen LogP contribution in [0.1, 0.15) is 19.4 Å². The van der Waals surface area contributed by atoms with Crippen LogP contribution in [-0.4, -0.2) is 0 Å². The smallest absolute Gasteiger partial charge is 0.872 e. The Morgan fingerprint density at radius 3 is 2.00 bits per heavy atom. The zero-order chi connectivity index (χ0) is 7.98. The number of rotatable bonds is 0. The summed E-state index contributed by atoms with van der Waals surface area (Å²) >= 11 is 0. The molecule has 0 radical (unpaired) electrons. The molecule has 1 aromatic rings. The molecule has 0 aromatic heterocycles. The van der Waals surface area contributed by atoms with Crippen molar-refractivity contribution in [2.75, 3.05) is 0 Å². The van der Waals surface area contributed by atoms with Gasteiger partial charge in [-0.05, 0) is 6.92 Å². The molecular weight excluding hydrogens is 147 g/mol. The third-order valence-electron chi connectivity index (χ3n) is 0.990. The summed E-state index contributed by atoms with van der Waals surface area (Å²) in [5, 5.41) is 10.5. The van der Waals surface area contributed by atoms with Crippen molar-refractivity contribution in [1.82, 2.24) is 0 Å². The van der Waals surface area contributed by atoms with Crippen LogP contribution >= 0.6 is 0 Å². The molecule has 0 saturated heterocycles. The molecule has 0 saturated carbocycles. The minimum Gasteiger partial charge on any atom is -0.872 e. The first-order chi connectivity index (χ1) is 4.79. The maximum absolute atomic E-state index is 10.5. The van der Waals surface area contributed by atoms with Gasteiger partial charge in [0.1, 0.15) is 0 Å². The number of hydrogen-bond donors (Lipinski definition) is 0. The molecule has 2 heteroatoms. The van der Waals surface area contributed by atoms with Crippen LogP contribution in [0.4, 0.5) is 0 Å². The second kappa shape index (κ2) is 8.12. The van der Waals surface area contributed by atoms with Gasteiger partial charge in [0.2, 0.25) is 0 Å². The van der Waals surface area contributed by atoms with E-state index in [1.54, 1.807) is 18.2 Å². The summed E-state index contributed by atoms with van der Waals surface area (Å²) < 4.78 is 0. The minimum absolute atomic E-state index is 0. The Labute approximate surface area is 90.7 Å². The molecule has 0 atom stereocenters. The molecule has 0 aliphatic rings. The Balaban J connectivity index is 0. The number of aryl methyl sites for hydroxylation is 1. The van der Waals surface area contributed by atoms with E-state index in [0.29, 0.717) is 0 Å². The molecule has 0 spiro atoms. The summed E-state index contributed by atoms with van der Waals surface area (Å²) in [6, 6.07) is 6.83. The first-order valence-corrected chi connectivity index (χ1v) is 3.53. The molecule has 56 valence electrons. The predicted octanol–water partition coefficient (Wildman–Crippen LogP) is -0.901. The van der Waals surface area contributed by atoms with Gasteiger partial charge < -0.3 is 5.11 Å². The molecule has 1 rings (SSSR count). The Morgan fingerprint density at radius 1 is 1.18 bits per heavy atom. The summed E-state index contributed by atoms with van der Waals surface area (Å²) in [4.78, 5) is 0. The van der Waals surface area contributed by atoms with E-state index in [0.717, 1.165) is 5.56 Å². The Bertz CT molecular complexity index is 169. The first kappa shape index (κ1) is 13.6. The molecular formula is C9H13NaO. The average Bonchev–Trinajstić information content (AvgIpc) is 1.91. The van der Waals surface area contributed by atoms with Crippen molar-refractivity contribution in [2.45, 2.75) is 20.8 Å². The van der Waals surface area contributed by atoms with Crippen LogP contribution in [0.2, 0.25) is 0 Å². The second-order valence-electron chi connectivity index (χ2n) is 1.82. The average molecular weight is 160 g/mol. The summed E-state index contributed by atoms with van der Waals surface area (Å²) in [6.45, 7) is 5.90. The van der Waals surface area contributed by atoms with Gasteiger partial charge in [-0.1, -0.05) is 43.7 Å². The van der Waals surface area contributed by atoms with Crippen LogP contribution in [0.15, 0.2) is 24.3 Å². The maximum atomic E-state index is 10.5. The molecule has 0 unspecified atom stereocenters. The Kier molecular flexibility index (Phi) is 10.0. The van der Waals surface area contributed by atoms with Gasteiger partial charge in [-0.15, -0.1) is 5.75 Å². The van der Waals surface area contributed by atoms with Crippen molar-refractivity contribution in [3.63, 3.8) is 0 Å². The normalized spacial score (nSPS) is 7.18. The first-order valence-electron chi connectivity index (χ1n) is 3.53. The standard InChI is InChI=1S/C7H8O.C2H6.Na/c1-6-3-2-4-7(8)5-6;1-2;/h2-5,8H,1H3;1-2H3;/q;;+1/p-1. The topological polar surface area (TPSA) is 23.1 Å². The second-order valence-corrected chi connectivity index (χ2v) is 1.82. The number of hydrogen-bond acceptors (Lipinski definition) is 1. The molecule has 0 aliphatic carbocycles. The van der Waals surface area contributed by atoms with Gasteiger partial charge in [-0.25, -0.2) is 0 Å². The molecule has 0 heterocycles. The minimum atomic E-state index is 0. The van der Waals surface area contributed by atoms with Crippen LogP contribution < -0.4 is 34.7 Å². The summed E-state index contributed by atoms with van der Waals surface area (Å²) in [5.74, 6) is 0.0880. The van der Waals surface area contributed by atoms with Gasteiger partial charge in [0.25, 0.3) is 0 Å². The van der Waals surface area contributed by atoms with Crippen LogP contribution in [0.25, 0.3) is 0 Å². The van der Waals surface area contributed by atoms with Crippen molar-refractivity contribution in [3.8, 4) is 5.75 Å². The Morgan fingerprint density at radius 2 is 1.73 bits per heavy atom. The van der Waals surface area contributed by atoms with E-state index in [1.165, 1.54) is 0 Å². The van der Waals surface area contributed by atoms with Gasteiger partial charge in [0, 0.05) is 0 Å². The quantitative estimate of drug-likeness (QED) is 0.451. The summed E-state index contributed by atoms with van der Waals surface area (Å²) in [6.07, 6.45) is 0. The maximum Gasteiger partial charge on any atom is 1.00 e. The molecule has 11 heavy (non-hydrogen) atoms. The van der Waals surface area contributed by atoms with E-state index in [-0.39, 0.29) is 35.3 Å². The molecule has 1 aromatic carbocycles. The fraction of sp³-hybridized carbons (Fsp3) is 0.333. The fourth-order valence-corrected chi connectivity index (χ4v) is 0.615. The van der Waals surface area contributed by atoms with Crippen LogP contribution in [0, 0.1) is 6.92 Å². The molecule has 1 nitrogen and oxygen atoms in total. The van der Waals surface area contributed by atoms with Crippen molar-refractivity contribution in [1.29, 1.82) is 0 Å². The Hall–Kier alpha value is 0.0200. The van der Waals surface area contributed by atoms with E-state index >= 15 is 0 Å². The van der Waals surface area contributed by atoms with Crippen molar-refractivity contribution in [2.24, 2.45) is 0 Å².